The molecule has 0 radical (unpaired) electrons. The number of aromatic amines is 1. The minimum absolute atomic E-state index is 0. The van der Waals surface area contributed by atoms with Crippen LogP contribution in [-0.2, 0) is 0 Å². The molecule has 1 aliphatic rings. The normalized spacial score (nSPS) is 14.3. The van der Waals surface area contributed by atoms with E-state index in [9.17, 15) is 9.59 Å². The van der Waals surface area contributed by atoms with E-state index in [1.807, 2.05) is 4.90 Å². The van der Waals surface area contributed by atoms with Gasteiger partial charge in [-0.15, -0.1) is 12.4 Å². The molecule has 23 heavy (non-hydrogen) atoms. The summed E-state index contributed by atoms with van der Waals surface area (Å²) in [5, 5.41) is 0. The molecule has 0 atom stereocenters. The second kappa shape index (κ2) is 7.33. The van der Waals surface area contributed by atoms with Crippen LogP contribution in [0.3, 0.4) is 0 Å². The van der Waals surface area contributed by atoms with Crippen molar-refractivity contribution in [1.82, 2.24) is 9.88 Å². The van der Waals surface area contributed by atoms with Gasteiger partial charge in [-0.2, -0.15) is 0 Å². The standard InChI is InChI=1S/C17H19N3O2.ClH/c1-13-2-5-15(6-3-13)19-8-10-20(11-9-19)17(22)14-4-7-16(21)18-12-14;/h2-7,12H,8-11H2,1H3,(H,18,21);1H. The molecule has 3 rings (SSSR count). The number of halogens is 1. The highest BCUT2D eigenvalue weighted by Gasteiger charge is 2.22. The van der Waals surface area contributed by atoms with Crippen LogP contribution in [0.1, 0.15) is 15.9 Å². The van der Waals surface area contributed by atoms with E-state index in [1.54, 1.807) is 6.07 Å². The van der Waals surface area contributed by atoms with E-state index in [-0.39, 0.29) is 23.9 Å². The average molecular weight is 334 g/mol. The lowest BCUT2D eigenvalue weighted by Gasteiger charge is -2.36. The van der Waals surface area contributed by atoms with Crippen molar-refractivity contribution in [2.45, 2.75) is 6.92 Å². The molecular formula is C17H20ClN3O2. The second-order valence-electron chi connectivity index (χ2n) is 5.56. The van der Waals surface area contributed by atoms with Crippen LogP contribution < -0.4 is 10.5 Å². The van der Waals surface area contributed by atoms with Gasteiger partial charge in [0.15, 0.2) is 0 Å². The summed E-state index contributed by atoms with van der Waals surface area (Å²) in [7, 11) is 0. The van der Waals surface area contributed by atoms with Gasteiger partial charge >= 0.3 is 0 Å². The smallest absolute Gasteiger partial charge is 0.255 e. The number of H-pyrrole nitrogens is 1. The maximum absolute atomic E-state index is 12.4. The number of aryl methyl sites for hydroxylation is 1. The number of rotatable bonds is 2. The van der Waals surface area contributed by atoms with Crippen LogP contribution in [0.15, 0.2) is 47.4 Å². The summed E-state index contributed by atoms with van der Waals surface area (Å²) >= 11 is 0. The summed E-state index contributed by atoms with van der Waals surface area (Å²) in [6.07, 6.45) is 1.48. The number of pyridine rings is 1. The van der Waals surface area contributed by atoms with Crippen molar-refractivity contribution in [3.63, 3.8) is 0 Å². The third-order valence-corrected chi connectivity index (χ3v) is 4.00. The Kier molecular flexibility index (Phi) is 5.45. The van der Waals surface area contributed by atoms with Gasteiger partial charge in [0.05, 0.1) is 5.56 Å². The van der Waals surface area contributed by atoms with Gasteiger partial charge in [0.25, 0.3) is 5.91 Å². The van der Waals surface area contributed by atoms with Crippen LogP contribution >= 0.6 is 12.4 Å². The first-order chi connectivity index (χ1) is 10.6. The van der Waals surface area contributed by atoms with Gasteiger partial charge in [-0.3, -0.25) is 9.59 Å². The fourth-order valence-electron chi connectivity index (χ4n) is 2.65. The van der Waals surface area contributed by atoms with Crippen LogP contribution in [0.5, 0.6) is 0 Å². The highest BCUT2D eigenvalue weighted by molar-refractivity contribution is 5.94. The summed E-state index contributed by atoms with van der Waals surface area (Å²) in [5.41, 5.74) is 2.78. The van der Waals surface area contributed by atoms with E-state index in [2.05, 4.69) is 41.1 Å². The van der Waals surface area contributed by atoms with Crippen molar-refractivity contribution in [3.8, 4) is 0 Å². The average Bonchev–Trinajstić information content (AvgIpc) is 2.56. The predicted molar refractivity (Wildman–Crippen MR) is 93.6 cm³/mol. The second-order valence-corrected chi connectivity index (χ2v) is 5.56. The van der Waals surface area contributed by atoms with Crippen LogP contribution in [0, 0.1) is 6.92 Å². The van der Waals surface area contributed by atoms with Crippen LogP contribution in [0.4, 0.5) is 5.69 Å². The first kappa shape index (κ1) is 17.1. The molecule has 1 aromatic heterocycles. The number of hydrogen-bond donors (Lipinski definition) is 1. The molecule has 0 saturated carbocycles. The highest BCUT2D eigenvalue weighted by atomic mass is 35.5. The molecule has 1 aliphatic heterocycles. The molecule has 1 aromatic carbocycles. The molecule has 0 aliphatic carbocycles. The zero-order valence-corrected chi connectivity index (χ0v) is 13.8. The monoisotopic (exact) mass is 333 g/mol. The van der Waals surface area contributed by atoms with Gasteiger partial charge in [0.1, 0.15) is 0 Å². The lowest BCUT2D eigenvalue weighted by atomic mass is 10.2. The van der Waals surface area contributed by atoms with Gasteiger partial charge in [0.2, 0.25) is 5.56 Å². The van der Waals surface area contributed by atoms with Crippen LogP contribution in [0.2, 0.25) is 0 Å². The summed E-state index contributed by atoms with van der Waals surface area (Å²) in [6.45, 7) is 5.08. The maximum atomic E-state index is 12.4. The molecule has 1 saturated heterocycles. The van der Waals surface area contributed by atoms with E-state index in [0.717, 1.165) is 13.1 Å². The number of nitrogens with one attached hydrogen (secondary N) is 1. The van der Waals surface area contributed by atoms with Gasteiger partial charge in [0, 0.05) is 44.1 Å². The molecule has 0 unspecified atom stereocenters. The third-order valence-electron chi connectivity index (χ3n) is 4.00. The van der Waals surface area contributed by atoms with E-state index in [4.69, 9.17) is 0 Å². The Morgan fingerprint density at radius 1 is 1.00 bits per heavy atom. The van der Waals surface area contributed by atoms with Crippen molar-refractivity contribution in [2.75, 3.05) is 31.1 Å². The molecule has 1 amide bonds. The topological polar surface area (TPSA) is 56.4 Å². The van der Waals surface area contributed by atoms with Gasteiger partial charge in [-0.05, 0) is 25.1 Å². The van der Waals surface area contributed by atoms with E-state index in [1.165, 1.54) is 23.5 Å². The largest absolute Gasteiger partial charge is 0.368 e. The zero-order valence-electron chi connectivity index (χ0n) is 13.0. The Bertz CT molecular complexity index is 699. The number of aromatic nitrogens is 1. The van der Waals surface area contributed by atoms with Crippen LogP contribution in [0.25, 0.3) is 0 Å². The molecule has 0 spiro atoms. The minimum atomic E-state index is -0.194. The Morgan fingerprint density at radius 2 is 1.65 bits per heavy atom. The van der Waals surface area contributed by atoms with Crippen molar-refractivity contribution >= 4 is 24.0 Å². The van der Waals surface area contributed by atoms with Gasteiger partial charge in [-0.25, -0.2) is 0 Å². The van der Waals surface area contributed by atoms with Crippen molar-refractivity contribution in [2.24, 2.45) is 0 Å². The number of benzene rings is 1. The Balaban J connectivity index is 0.00000192. The molecule has 6 heteroatoms. The number of anilines is 1. The fourth-order valence-corrected chi connectivity index (χ4v) is 2.65. The lowest BCUT2D eigenvalue weighted by Crippen LogP contribution is -2.48. The first-order valence-electron chi connectivity index (χ1n) is 7.43. The number of carbonyl (C=O) groups is 1. The first-order valence-corrected chi connectivity index (χ1v) is 7.43. The zero-order chi connectivity index (χ0) is 15.5. The number of piperazine rings is 1. The minimum Gasteiger partial charge on any atom is -0.368 e. The van der Waals surface area contributed by atoms with E-state index >= 15 is 0 Å². The fraction of sp³-hybridized carbons (Fsp3) is 0.294. The quantitative estimate of drug-likeness (QED) is 0.915. The molecule has 5 nitrogen and oxygen atoms in total. The maximum Gasteiger partial charge on any atom is 0.255 e. The predicted octanol–water partition coefficient (Wildman–Crippen LogP) is 2.07. The van der Waals surface area contributed by atoms with Crippen LogP contribution in [-0.4, -0.2) is 42.0 Å². The molecule has 2 heterocycles. The van der Waals surface area contributed by atoms with Gasteiger partial charge in [-0.1, -0.05) is 17.7 Å². The lowest BCUT2D eigenvalue weighted by molar-refractivity contribution is 0.0746. The summed E-state index contributed by atoms with van der Waals surface area (Å²) in [6, 6.07) is 11.4. The number of nitrogens with zero attached hydrogens (tertiary/aromatic N) is 2. The molecular weight excluding hydrogens is 314 g/mol. The summed E-state index contributed by atoms with van der Waals surface area (Å²) in [5.74, 6) is -0.0280. The van der Waals surface area contributed by atoms with Crippen molar-refractivity contribution < 1.29 is 4.79 Å². The number of hydrogen-bond acceptors (Lipinski definition) is 3. The Hall–Kier alpha value is -2.27. The van der Waals surface area contributed by atoms with Crippen molar-refractivity contribution in [3.05, 3.63) is 64.1 Å². The Morgan fingerprint density at radius 3 is 2.22 bits per heavy atom. The third kappa shape index (κ3) is 3.93. The number of carbonyl (C=O) groups excluding carboxylic acids is 1. The van der Waals surface area contributed by atoms with Crippen molar-refractivity contribution in [1.29, 1.82) is 0 Å². The number of amides is 1. The highest BCUT2D eigenvalue weighted by Crippen LogP contribution is 2.17. The molecule has 1 N–H and O–H groups in total. The van der Waals surface area contributed by atoms with E-state index in [0.29, 0.717) is 18.7 Å². The molecule has 2 aromatic rings. The molecule has 1 fully saturated rings. The van der Waals surface area contributed by atoms with E-state index < -0.39 is 0 Å². The SMILES string of the molecule is Cc1ccc(N2CCN(C(=O)c3ccc(=O)[nH]c3)CC2)cc1.Cl. The molecule has 122 valence electrons. The Labute approximate surface area is 141 Å². The van der Waals surface area contributed by atoms with Gasteiger partial charge < -0.3 is 14.8 Å². The molecule has 0 bridgehead atoms. The summed E-state index contributed by atoms with van der Waals surface area (Å²) < 4.78 is 0. The summed E-state index contributed by atoms with van der Waals surface area (Å²) in [4.78, 5) is 30.1.